The first-order valence-electron chi connectivity index (χ1n) is 3.48. The Morgan fingerprint density at radius 2 is 2.60 bits per heavy atom. The molecule has 0 saturated carbocycles. The summed E-state index contributed by atoms with van der Waals surface area (Å²) in [7, 11) is 0. The normalized spacial score (nSPS) is 35.4. The number of ether oxygens (including phenoxy) is 2. The van der Waals surface area contributed by atoms with E-state index >= 15 is 0 Å². The summed E-state index contributed by atoms with van der Waals surface area (Å²) in [5.41, 5.74) is 0. The molecule has 0 aliphatic carbocycles. The molecule has 0 amide bonds. The summed E-state index contributed by atoms with van der Waals surface area (Å²) in [5, 5.41) is 3.10. The van der Waals surface area contributed by atoms with Crippen molar-refractivity contribution in [2.24, 2.45) is 0 Å². The van der Waals surface area contributed by atoms with E-state index in [2.05, 4.69) is 10.2 Å². The highest BCUT2D eigenvalue weighted by Crippen LogP contribution is 2.08. The van der Waals surface area contributed by atoms with E-state index in [1.165, 1.54) is 0 Å². The Balaban J connectivity index is 1.85. The van der Waals surface area contributed by atoms with Gasteiger partial charge in [-0.3, -0.25) is 5.32 Å². The third-order valence-electron chi connectivity index (χ3n) is 1.71. The minimum absolute atomic E-state index is 0.0579. The highest BCUT2D eigenvalue weighted by molar-refractivity contribution is 4.74. The largest absolute Gasteiger partial charge is 0.365 e. The molecular weight excluding hydrogens is 132 g/mol. The van der Waals surface area contributed by atoms with Crippen LogP contribution in [0.1, 0.15) is 0 Å². The summed E-state index contributed by atoms with van der Waals surface area (Å²) in [6.45, 7) is 5.09. The van der Waals surface area contributed by atoms with E-state index in [0.29, 0.717) is 13.3 Å². The molecular formula is C6H11N2O2. The molecule has 4 nitrogen and oxygen atoms in total. The second kappa shape index (κ2) is 2.84. The average molecular weight is 143 g/mol. The molecule has 2 fully saturated rings. The van der Waals surface area contributed by atoms with Gasteiger partial charge in [-0.05, 0) is 0 Å². The van der Waals surface area contributed by atoms with Crippen LogP contribution in [0, 0.1) is 6.54 Å². The van der Waals surface area contributed by atoms with Gasteiger partial charge in [-0.1, -0.05) is 0 Å². The highest BCUT2D eigenvalue weighted by atomic mass is 16.5. The molecule has 0 aromatic carbocycles. The van der Waals surface area contributed by atoms with Gasteiger partial charge in [-0.15, -0.1) is 0 Å². The molecule has 0 aromatic heterocycles. The van der Waals surface area contributed by atoms with Crippen molar-refractivity contribution in [1.82, 2.24) is 10.2 Å². The molecule has 2 rings (SSSR count). The van der Waals surface area contributed by atoms with Gasteiger partial charge in [0.05, 0.1) is 19.8 Å². The summed E-state index contributed by atoms with van der Waals surface area (Å²) in [5.74, 6) is 0. The maximum atomic E-state index is 5.32. The van der Waals surface area contributed by atoms with Crippen LogP contribution in [-0.4, -0.2) is 37.7 Å². The maximum absolute atomic E-state index is 5.32. The van der Waals surface area contributed by atoms with Crippen LogP contribution in [0.4, 0.5) is 0 Å². The van der Waals surface area contributed by atoms with Crippen LogP contribution in [0.15, 0.2) is 0 Å². The highest BCUT2D eigenvalue weighted by Gasteiger charge is 2.25. The predicted octanol–water partition coefficient (Wildman–Crippen LogP) is -0.659. The van der Waals surface area contributed by atoms with Gasteiger partial charge in [-0.2, -0.15) is 0 Å². The third-order valence-corrected chi connectivity index (χ3v) is 1.71. The van der Waals surface area contributed by atoms with Crippen molar-refractivity contribution in [3.05, 3.63) is 6.54 Å². The molecule has 10 heavy (non-hydrogen) atoms. The van der Waals surface area contributed by atoms with Gasteiger partial charge < -0.3 is 9.47 Å². The van der Waals surface area contributed by atoms with Crippen LogP contribution >= 0.6 is 0 Å². The van der Waals surface area contributed by atoms with Crippen molar-refractivity contribution in [3.63, 3.8) is 0 Å². The van der Waals surface area contributed by atoms with Gasteiger partial charge in [-0.25, -0.2) is 4.90 Å². The van der Waals surface area contributed by atoms with Crippen LogP contribution in [-0.2, 0) is 9.47 Å². The Hall–Kier alpha value is -0.160. The quantitative estimate of drug-likeness (QED) is 0.528. The summed E-state index contributed by atoms with van der Waals surface area (Å²) < 4.78 is 10.5. The lowest BCUT2D eigenvalue weighted by Gasteiger charge is -2.19. The smallest absolute Gasteiger partial charge is 0.168 e. The number of hydrogen-bond donors (Lipinski definition) is 1. The minimum Gasteiger partial charge on any atom is -0.365 e. The van der Waals surface area contributed by atoms with E-state index in [0.717, 1.165) is 13.2 Å². The molecule has 1 unspecified atom stereocenters. The van der Waals surface area contributed by atoms with E-state index < -0.39 is 0 Å². The zero-order chi connectivity index (χ0) is 6.81. The molecule has 2 heterocycles. The Morgan fingerprint density at radius 3 is 3.20 bits per heavy atom. The number of rotatable bonds is 1. The first-order chi connectivity index (χ1) is 4.97. The SMILES string of the molecule is [CH]1COC(N2CCOC2)N1. The van der Waals surface area contributed by atoms with Crippen molar-refractivity contribution in [3.8, 4) is 0 Å². The molecule has 2 saturated heterocycles. The second-order valence-electron chi connectivity index (χ2n) is 2.41. The number of hydrogen-bond acceptors (Lipinski definition) is 4. The Kier molecular flexibility index (Phi) is 1.86. The molecule has 4 heteroatoms. The molecule has 0 aromatic rings. The van der Waals surface area contributed by atoms with Gasteiger partial charge in [0.2, 0.25) is 0 Å². The molecule has 1 atom stereocenters. The Morgan fingerprint density at radius 1 is 1.60 bits per heavy atom. The van der Waals surface area contributed by atoms with E-state index in [1.807, 2.05) is 6.54 Å². The molecule has 1 radical (unpaired) electrons. The average Bonchev–Trinajstić information content (AvgIpc) is 2.59. The zero-order valence-electron chi connectivity index (χ0n) is 5.75. The summed E-state index contributed by atoms with van der Waals surface area (Å²) in [6, 6.07) is 0. The summed E-state index contributed by atoms with van der Waals surface area (Å²) in [6.07, 6.45) is 0.0579. The monoisotopic (exact) mass is 143 g/mol. The summed E-state index contributed by atoms with van der Waals surface area (Å²) in [4.78, 5) is 2.11. The summed E-state index contributed by atoms with van der Waals surface area (Å²) >= 11 is 0. The van der Waals surface area contributed by atoms with Crippen molar-refractivity contribution in [1.29, 1.82) is 0 Å². The molecule has 2 aliphatic heterocycles. The van der Waals surface area contributed by atoms with Crippen molar-refractivity contribution < 1.29 is 9.47 Å². The van der Waals surface area contributed by atoms with Crippen LogP contribution < -0.4 is 5.32 Å². The van der Waals surface area contributed by atoms with Crippen molar-refractivity contribution in [2.45, 2.75) is 6.35 Å². The molecule has 1 N–H and O–H groups in total. The molecule has 0 bridgehead atoms. The fraction of sp³-hybridized carbons (Fsp3) is 0.833. The lowest BCUT2D eigenvalue weighted by atomic mass is 10.6. The predicted molar refractivity (Wildman–Crippen MR) is 34.7 cm³/mol. The van der Waals surface area contributed by atoms with Crippen molar-refractivity contribution in [2.75, 3.05) is 26.5 Å². The fourth-order valence-corrected chi connectivity index (χ4v) is 1.16. The van der Waals surface area contributed by atoms with Crippen LogP contribution in [0.25, 0.3) is 0 Å². The van der Waals surface area contributed by atoms with E-state index in [1.54, 1.807) is 0 Å². The van der Waals surface area contributed by atoms with Gasteiger partial charge in [0, 0.05) is 6.54 Å². The number of nitrogens with zero attached hydrogens (tertiary/aromatic N) is 1. The van der Waals surface area contributed by atoms with Crippen LogP contribution in [0.2, 0.25) is 0 Å². The minimum atomic E-state index is 0.0579. The Bertz CT molecular complexity index is 94.3. The fourth-order valence-electron chi connectivity index (χ4n) is 1.16. The van der Waals surface area contributed by atoms with Gasteiger partial charge >= 0.3 is 0 Å². The first-order valence-corrected chi connectivity index (χ1v) is 3.48. The van der Waals surface area contributed by atoms with E-state index in [9.17, 15) is 0 Å². The molecule has 57 valence electrons. The first kappa shape index (κ1) is 6.54. The van der Waals surface area contributed by atoms with Gasteiger partial charge in [0.1, 0.15) is 6.73 Å². The maximum Gasteiger partial charge on any atom is 0.168 e. The Labute approximate surface area is 60.1 Å². The van der Waals surface area contributed by atoms with E-state index in [4.69, 9.17) is 9.47 Å². The van der Waals surface area contributed by atoms with Gasteiger partial charge in [0.15, 0.2) is 6.35 Å². The van der Waals surface area contributed by atoms with Crippen LogP contribution in [0.3, 0.4) is 0 Å². The molecule has 0 spiro atoms. The van der Waals surface area contributed by atoms with E-state index in [-0.39, 0.29) is 6.35 Å². The number of nitrogens with one attached hydrogen (secondary N) is 1. The second-order valence-corrected chi connectivity index (χ2v) is 2.41. The van der Waals surface area contributed by atoms with Crippen molar-refractivity contribution >= 4 is 0 Å². The molecule has 2 aliphatic rings. The lowest BCUT2D eigenvalue weighted by molar-refractivity contribution is -0.0389. The van der Waals surface area contributed by atoms with Crippen LogP contribution in [0.5, 0.6) is 0 Å². The topological polar surface area (TPSA) is 33.7 Å². The van der Waals surface area contributed by atoms with Gasteiger partial charge in [0.25, 0.3) is 0 Å². The lowest BCUT2D eigenvalue weighted by Crippen LogP contribution is -2.40. The standard InChI is InChI=1S/C6H11N2O2/c1-3-10-6(7-1)8-2-4-9-5-8/h1,6-7H,2-5H2. The third kappa shape index (κ3) is 1.15. The zero-order valence-corrected chi connectivity index (χ0v) is 5.75.